The Kier molecular flexibility index (Phi) is 5.04. The minimum absolute atomic E-state index is 0.0484. The smallest absolute Gasteiger partial charge is 0.340 e. The van der Waals surface area contributed by atoms with E-state index in [1.807, 2.05) is 24.3 Å². The Morgan fingerprint density at radius 1 is 1.25 bits per heavy atom. The molecule has 0 radical (unpaired) electrons. The quantitative estimate of drug-likeness (QED) is 0.612. The average Bonchev–Trinajstić information content (AvgIpc) is 2.46. The molecule has 0 amide bonds. The van der Waals surface area contributed by atoms with Crippen LogP contribution in [0.3, 0.4) is 0 Å². The zero-order valence-electron chi connectivity index (χ0n) is 10.7. The van der Waals surface area contributed by atoms with E-state index in [0.717, 1.165) is 10.5 Å². The molecule has 2 rings (SSSR count). The van der Waals surface area contributed by atoms with Gasteiger partial charge in [0.25, 0.3) is 0 Å². The van der Waals surface area contributed by atoms with Crippen molar-refractivity contribution >= 4 is 29.3 Å². The number of methoxy groups -OCH3 is 1. The fourth-order valence-electron chi connectivity index (χ4n) is 1.62. The molecule has 0 atom stereocenters. The highest BCUT2D eigenvalue weighted by Gasteiger charge is 2.12. The summed E-state index contributed by atoms with van der Waals surface area (Å²) < 4.78 is 18.2. The van der Waals surface area contributed by atoms with E-state index in [2.05, 4.69) is 4.74 Å². The third-order valence-electron chi connectivity index (χ3n) is 2.66. The van der Waals surface area contributed by atoms with E-state index in [9.17, 15) is 9.18 Å². The fourth-order valence-corrected chi connectivity index (χ4v) is 2.59. The first kappa shape index (κ1) is 14.9. The van der Waals surface area contributed by atoms with Gasteiger partial charge in [0.05, 0.1) is 12.7 Å². The standard InChI is InChI=1S/C15H12ClFO2S/c1-19-15(18)13-7-2-10(8-14(13)17)9-20-12-5-3-11(16)4-6-12/h2-8H,9H2,1H3. The van der Waals surface area contributed by atoms with Gasteiger partial charge >= 0.3 is 5.97 Å². The molecule has 2 aromatic carbocycles. The van der Waals surface area contributed by atoms with Crippen LogP contribution >= 0.6 is 23.4 Å². The van der Waals surface area contributed by atoms with Crippen molar-refractivity contribution in [3.8, 4) is 0 Å². The molecule has 2 nitrogen and oxygen atoms in total. The van der Waals surface area contributed by atoms with Gasteiger partial charge in [0.15, 0.2) is 0 Å². The van der Waals surface area contributed by atoms with Crippen LogP contribution in [0.4, 0.5) is 4.39 Å². The van der Waals surface area contributed by atoms with Crippen LogP contribution in [0.1, 0.15) is 15.9 Å². The topological polar surface area (TPSA) is 26.3 Å². The summed E-state index contributed by atoms with van der Waals surface area (Å²) in [7, 11) is 1.23. The van der Waals surface area contributed by atoms with Gasteiger partial charge < -0.3 is 4.74 Å². The zero-order valence-corrected chi connectivity index (χ0v) is 12.3. The van der Waals surface area contributed by atoms with Crippen molar-refractivity contribution in [3.63, 3.8) is 0 Å². The predicted molar refractivity (Wildman–Crippen MR) is 78.8 cm³/mol. The summed E-state index contributed by atoms with van der Waals surface area (Å²) in [6.07, 6.45) is 0. The summed E-state index contributed by atoms with van der Waals surface area (Å²) in [6.45, 7) is 0. The van der Waals surface area contributed by atoms with Crippen LogP contribution in [-0.4, -0.2) is 13.1 Å². The van der Waals surface area contributed by atoms with E-state index < -0.39 is 11.8 Å². The van der Waals surface area contributed by atoms with Gasteiger partial charge in [-0.25, -0.2) is 9.18 Å². The normalized spacial score (nSPS) is 10.3. The number of benzene rings is 2. The summed E-state index contributed by atoms with van der Waals surface area (Å²) in [5.41, 5.74) is 0.753. The Bertz CT molecular complexity index is 614. The molecular weight excluding hydrogens is 299 g/mol. The lowest BCUT2D eigenvalue weighted by Gasteiger charge is -2.05. The molecule has 0 heterocycles. The number of hydrogen-bond donors (Lipinski definition) is 0. The van der Waals surface area contributed by atoms with E-state index in [4.69, 9.17) is 11.6 Å². The molecule has 0 saturated heterocycles. The lowest BCUT2D eigenvalue weighted by atomic mass is 10.1. The maximum absolute atomic E-state index is 13.7. The van der Waals surface area contributed by atoms with Crippen molar-refractivity contribution in [2.24, 2.45) is 0 Å². The summed E-state index contributed by atoms with van der Waals surface area (Å²) in [6, 6.07) is 12.0. The molecule has 0 bridgehead atoms. The first-order valence-corrected chi connectivity index (χ1v) is 7.21. The Morgan fingerprint density at radius 2 is 1.95 bits per heavy atom. The second-order valence-corrected chi connectivity index (χ2v) is 5.53. The maximum Gasteiger partial charge on any atom is 0.340 e. The Morgan fingerprint density at radius 3 is 2.55 bits per heavy atom. The average molecular weight is 311 g/mol. The summed E-state index contributed by atoms with van der Waals surface area (Å²) >= 11 is 7.38. The number of halogens is 2. The van der Waals surface area contributed by atoms with Crippen molar-refractivity contribution in [3.05, 3.63) is 64.4 Å². The van der Waals surface area contributed by atoms with E-state index in [-0.39, 0.29) is 5.56 Å². The lowest BCUT2D eigenvalue weighted by molar-refractivity contribution is 0.0595. The van der Waals surface area contributed by atoms with Crippen molar-refractivity contribution in [2.75, 3.05) is 7.11 Å². The van der Waals surface area contributed by atoms with Crippen LogP contribution in [0.5, 0.6) is 0 Å². The van der Waals surface area contributed by atoms with E-state index in [1.54, 1.807) is 17.8 Å². The molecule has 20 heavy (non-hydrogen) atoms. The number of rotatable bonds is 4. The number of carbonyl (C=O) groups is 1. The van der Waals surface area contributed by atoms with Gasteiger partial charge in [-0.15, -0.1) is 11.8 Å². The van der Waals surface area contributed by atoms with Gasteiger partial charge in [0.1, 0.15) is 5.82 Å². The minimum atomic E-state index is -0.667. The van der Waals surface area contributed by atoms with Crippen molar-refractivity contribution < 1.29 is 13.9 Å². The molecule has 5 heteroatoms. The Hall–Kier alpha value is -1.52. The molecule has 2 aromatic rings. The monoisotopic (exact) mass is 310 g/mol. The highest BCUT2D eigenvalue weighted by Crippen LogP contribution is 2.25. The van der Waals surface area contributed by atoms with Gasteiger partial charge in [-0.1, -0.05) is 17.7 Å². The van der Waals surface area contributed by atoms with Gasteiger partial charge in [0, 0.05) is 15.7 Å². The number of hydrogen-bond acceptors (Lipinski definition) is 3. The molecule has 0 fully saturated rings. The second-order valence-electron chi connectivity index (χ2n) is 4.05. The molecule has 0 N–H and O–H groups in total. The molecule has 104 valence electrons. The van der Waals surface area contributed by atoms with Crippen molar-refractivity contribution in [1.29, 1.82) is 0 Å². The Labute approximate surface area is 125 Å². The molecule has 0 aliphatic rings. The number of esters is 1. The van der Waals surface area contributed by atoms with E-state index in [1.165, 1.54) is 19.2 Å². The summed E-state index contributed by atoms with van der Waals surface area (Å²) in [4.78, 5) is 12.3. The number of ether oxygens (including phenoxy) is 1. The SMILES string of the molecule is COC(=O)c1ccc(CSc2ccc(Cl)cc2)cc1F. The third-order valence-corrected chi connectivity index (χ3v) is 3.99. The molecule has 0 spiro atoms. The predicted octanol–water partition coefficient (Wildman–Crippen LogP) is 4.56. The number of thioether (sulfide) groups is 1. The maximum atomic E-state index is 13.7. The van der Waals surface area contributed by atoms with Crippen LogP contribution in [-0.2, 0) is 10.5 Å². The fraction of sp³-hybridized carbons (Fsp3) is 0.133. The highest BCUT2D eigenvalue weighted by molar-refractivity contribution is 7.98. The van der Waals surface area contributed by atoms with Crippen LogP contribution in [0.25, 0.3) is 0 Å². The summed E-state index contributed by atoms with van der Waals surface area (Å²) in [5.74, 6) is -0.620. The zero-order chi connectivity index (χ0) is 14.5. The molecule has 0 unspecified atom stereocenters. The van der Waals surface area contributed by atoms with Gasteiger partial charge in [-0.3, -0.25) is 0 Å². The van der Waals surface area contributed by atoms with E-state index >= 15 is 0 Å². The molecule has 0 aliphatic carbocycles. The van der Waals surface area contributed by atoms with Gasteiger partial charge in [-0.2, -0.15) is 0 Å². The molecular formula is C15H12ClFO2S. The van der Waals surface area contributed by atoms with Crippen molar-refractivity contribution in [2.45, 2.75) is 10.6 Å². The number of carbonyl (C=O) groups excluding carboxylic acids is 1. The van der Waals surface area contributed by atoms with Crippen LogP contribution in [0.15, 0.2) is 47.4 Å². The van der Waals surface area contributed by atoms with E-state index in [0.29, 0.717) is 10.8 Å². The lowest BCUT2D eigenvalue weighted by Crippen LogP contribution is -2.04. The van der Waals surface area contributed by atoms with Crippen molar-refractivity contribution in [1.82, 2.24) is 0 Å². The van der Waals surface area contributed by atoms with Crippen LogP contribution < -0.4 is 0 Å². The van der Waals surface area contributed by atoms with Crippen LogP contribution in [0.2, 0.25) is 5.02 Å². The second kappa shape index (κ2) is 6.77. The van der Waals surface area contributed by atoms with Crippen LogP contribution in [0, 0.1) is 5.82 Å². The third kappa shape index (κ3) is 3.74. The first-order valence-electron chi connectivity index (χ1n) is 5.85. The largest absolute Gasteiger partial charge is 0.465 e. The highest BCUT2D eigenvalue weighted by atomic mass is 35.5. The van der Waals surface area contributed by atoms with Gasteiger partial charge in [0.2, 0.25) is 0 Å². The first-order chi connectivity index (χ1) is 9.60. The minimum Gasteiger partial charge on any atom is -0.465 e. The molecule has 0 aromatic heterocycles. The molecule has 0 saturated carbocycles. The molecule has 0 aliphatic heterocycles. The summed E-state index contributed by atoms with van der Waals surface area (Å²) in [5, 5.41) is 0.683. The Balaban J connectivity index is 2.05. The van der Waals surface area contributed by atoms with Gasteiger partial charge in [-0.05, 0) is 42.0 Å².